The van der Waals surface area contributed by atoms with Gasteiger partial charge in [0.25, 0.3) is 0 Å². The first kappa shape index (κ1) is 16.2. The molecule has 0 bridgehead atoms. The van der Waals surface area contributed by atoms with Crippen LogP contribution in [-0.4, -0.2) is 17.5 Å². The first-order valence-electron chi connectivity index (χ1n) is 1.91. The van der Waals surface area contributed by atoms with E-state index in [4.69, 9.17) is 17.5 Å². The monoisotopic (exact) mass is 148 g/mol. The van der Waals surface area contributed by atoms with Crippen LogP contribution < -0.4 is 18.9 Å². The van der Waals surface area contributed by atoms with E-state index in [1.807, 2.05) is 6.92 Å². The first-order valence-corrected chi connectivity index (χ1v) is 3.30. The van der Waals surface area contributed by atoms with Gasteiger partial charge in [0.15, 0.2) is 0 Å². The van der Waals surface area contributed by atoms with Crippen molar-refractivity contribution in [2.24, 2.45) is 0 Å². The van der Waals surface area contributed by atoms with Gasteiger partial charge in [-0.2, -0.15) is 14.8 Å². The molecule has 0 fully saturated rings. The van der Waals surface area contributed by atoms with Crippen LogP contribution in [0.4, 0.5) is 0 Å². The smallest absolute Gasteiger partial charge is 0.344 e. The van der Waals surface area contributed by atoms with Crippen molar-refractivity contribution < 1.29 is 36.4 Å². The van der Waals surface area contributed by atoms with E-state index in [0.29, 0.717) is 0 Å². The average molecular weight is 148 g/mol. The second kappa shape index (κ2) is 8.47. The molecule has 0 aromatic heterocycles. The van der Waals surface area contributed by atoms with Gasteiger partial charge >= 0.3 is 29.3 Å². The third kappa shape index (κ3) is 1620. The zero-order chi connectivity index (χ0) is 7.21. The Balaban J connectivity index is -0.0000000800. The van der Waals surface area contributed by atoms with Crippen LogP contribution in [-0.2, 0) is 10.4 Å². The largest absolute Gasteiger partial charge is 1.00 e. The van der Waals surface area contributed by atoms with Gasteiger partial charge < -0.3 is 6.92 Å². The number of rotatable bonds is 0. The van der Waals surface area contributed by atoms with Crippen molar-refractivity contribution in [2.75, 3.05) is 0 Å². The van der Waals surface area contributed by atoms with Crippen molar-refractivity contribution in [3.05, 3.63) is 6.92 Å². The molecule has 0 spiro atoms. The van der Waals surface area contributed by atoms with E-state index < -0.39 is 10.4 Å². The van der Waals surface area contributed by atoms with Crippen LogP contribution in [0.5, 0.6) is 0 Å². The molecule has 2 N–H and O–H groups in total. The molecule has 0 atom stereocenters. The molecular formula is C3H9LiO4S. The topological polar surface area (TPSA) is 74.6 Å². The third-order valence-electron chi connectivity index (χ3n) is 0. The van der Waals surface area contributed by atoms with Gasteiger partial charge in [-0.25, -0.2) is 0 Å². The summed E-state index contributed by atoms with van der Waals surface area (Å²) < 4.78 is 31.6. The minimum atomic E-state index is -4.67. The van der Waals surface area contributed by atoms with Crippen molar-refractivity contribution in [3.63, 3.8) is 0 Å². The van der Waals surface area contributed by atoms with Crippen LogP contribution in [0, 0.1) is 6.92 Å². The Hall–Kier alpha value is 0.467. The fourth-order valence-corrected chi connectivity index (χ4v) is 0. The predicted octanol–water partition coefficient (Wildman–Crippen LogP) is -2.42. The summed E-state index contributed by atoms with van der Waals surface area (Å²) in [6, 6.07) is 0. The normalized spacial score (nSPS) is 8.44. The fraction of sp³-hybridized carbons (Fsp3) is 0.667. The van der Waals surface area contributed by atoms with Crippen LogP contribution in [0.3, 0.4) is 0 Å². The molecule has 9 heavy (non-hydrogen) atoms. The average Bonchev–Trinajstić information content (AvgIpc) is 1.27. The zero-order valence-electron chi connectivity index (χ0n) is 5.53. The van der Waals surface area contributed by atoms with Crippen LogP contribution in [0.15, 0.2) is 0 Å². The van der Waals surface area contributed by atoms with Crippen molar-refractivity contribution in [2.45, 2.75) is 13.3 Å². The summed E-state index contributed by atoms with van der Waals surface area (Å²) in [4.78, 5) is 0. The number of hydrogen-bond donors (Lipinski definition) is 2. The van der Waals surface area contributed by atoms with Crippen LogP contribution in [0.1, 0.15) is 13.3 Å². The maximum absolute atomic E-state index is 8.74. The van der Waals surface area contributed by atoms with E-state index in [9.17, 15) is 0 Å². The summed E-state index contributed by atoms with van der Waals surface area (Å²) >= 11 is 0. The SMILES string of the molecule is O=S(=O)(O)O.[CH2-]CC.[Li+]. The Morgan fingerprint density at radius 3 is 1.44 bits per heavy atom. The maximum atomic E-state index is 8.74. The molecule has 52 valence electrons. The molecule has 0 aliphatic carbocycles. The molecule has 0 unspecified atom stereocenters. The molecule has 0 aromatic carbocycles. The van der Waals surface area contributed by atoms with Gasteiger partial charge in [0, 0.05) is 0 Å². The Morgan fingerprint density at radius 1 is 1.44 bits per heavy atom. The Labute approximate surface area is 67.4 Å². The second-order valence-electron chi connectivity index (χ2n) is 0.948. The van der Waals surface area contributed by atoms with Crippen LogP contribution >= 0.6 is 0 Å². The van der Waals surface area contributed by atoms with E-state index >= 15 is 0 Å². The van der Waals surface area contributed by atoms with Gasteiger partial charge in [0.2, 0.25) is 0 Å². The molecular weight excluding hydrogens is 139 g/mol. The van der Waals surface area contributed by atoms with Crippen LogP contribution in [0.2, 0.25) is 0 Å². The summed E-state index contributed by atoms with van der Waals surface area (Å²) in [5, 5.41) is 0. The Bertz CT molecular complexity index is 110. The van der Waals surface area contributed by atoms with Crippen molar-refractivity contribution in [1.82, 2.24) is 0 Å². The van der Waals surface area contributed by atoms with Gasteiger partial charge in [0.05, 0.1) is 0 Å². The first-order chi connectivity index (χ1) is 3.41. The Morgan fingerprint density at radius 2 is 1.44 bits per heavy atom. The minimum absolute atomic E-state index is 0. The van der Waals surface area contributed by atoms with Crippen molar-refractivity contribution in [1.29, 1.82) is 0 Å². The molecule has 0 radical (unpaired) electrons. The summed E-state index contributed by atoms with van der Waals surface area (Å²) in [6.45, 7) is 5.50. The van der Waals surface area contributed by atoms with E-state index in [1.54, 1.807) is 0 Å². The van der Waals surface area contributed by atoms with E-state index in [1.165, 1.54) is 0 Å². The molecule has 0 aliphatic heterocycles. The molecule has 4 nitrogen and oxygen atoms in total. The molecule has 0 heterocycles. The summed E-state index contributed by atoms with van der Waals surface area (Å²) in [5.74, 6) is 0. The van der Waals surface area contributed by atoms with Gasteiger partial charge in [-0.05, 0) is 0 Å². The van der Waals surface area contributed by atoms with Gasteiger partial charge in [0.1, 0.15) is 0 Å². The van der Waals surface area contributed by atoms with E-state index in [0.717, 1.165) is 6.42 Å². The maximum Gasteiger partial charge on any atom is 1.00 e. The second-order valence-corrected chi connectivity index (χ2v) is 1.84. The molecule has 0 saturated carbocycles. The molecule has 0 rings (SSSR count). The van der Waals surface area contributed by atoms with Gasteiger partial charge in [-0.3, -0.25) is 9.11 Å². The Kier molecular flexibility index (Phi) is 15.3. The van der Waals surface area contributed by atoms with Gasteiger partial charge in [-0.1, -0.05) is 6.92 Å². The molecule has 6 heteroatoms. The summed E-state index contributed by atoms with van der Waals surface area (Å²) in [7, 11) is -4.67. The summed E-state index contributed by atoms with van der Waals surface area (Å²) in [6.07, 6.45) is 1.00. The zero-order valence-corrected chi connectivity index (χ0v) is 6.35. The minimum Gasteiger partial charge on any atom is -0.344 e. The number of hydrogen-bond acceptors (Lipinski definition) is 2. The quantitative estimate of drug-likeness (QED) is 0.228. The molecule has 0 saturated heterocycles. The van der Waals surface area contributed by atoms with E-state index in [-0.39, 0.29) is 18.9 Å². The molecule has 0 aromatic rings. The van der Waals surface area contributed by atoms with Gasteiger partial charge in [-0.15, -0.1) is 0 Å². The molecule has 0 amide bonds. The standard InChI is InChI=1S/C3H7.Li.H2O4S/c1-3-2;;1-5(2,3)4/h1,3H2,2H3;;(H2,1,2,3,4)/q-1;+1;. The van der Waals surface area contributed by atoms with Crippen molar-refractivity contribution in [3.8, 4) is 0 Å². The fourth-order valence-electron chi connectivity index (χ4n) is 0. The predicted molar refractivity (Wildman–Crippen MR) is 29.8 cm³/mol. The molecule has 0 aliphatic rings. The van der Waals surface area contributed by atoms with Crippen LogP contribution in [0.25, 0.3) is 0 Å². The summed E-state index contributed by atoms with van der Waals surface area (Å²) in [5.41, 5.74) is 0. The third-order valence-corrected chi connectivity index (χ3v) is 0. The van der Waals surface area contributed by atoms with Crippen molar-refractivity contribution >= 4 is 10.4 Å². The van der Waals surface area contributed by atoms with E-state index in [2.05, 4.69) is 6.92 Å².